The summed E-state index contributed by atoms with van der Waals surface area (Å²) in [5.41, 5.74) is 12.0. The first-order valence-corrected chi connectivity index (χ1v) is 20.6. The van der Waals surface area contributed by atoms with Crippen LogP contribution in [0.4, 0.5) is 17.1 Å². The summed E-state index contributed by atoms with van der Waals surface area (Å²) in [5.74, 6) is 0. The monoisotopic (exact) mass is 763 g/mol. The Hall–Kier alpha value is -7.94. The molecule has 12 aromatic rings. The number of fused-ring (bicyclic) bond motifs is 9. The fourth-order valence-corrected chi connectivity index (χ4v) is 9.48. The zero-order chi connectivity index (χ0) is 39.6. The van der Waals surface area contributed by atoms with Crippen LogP contribution in [0.5, 0.6) is 0 Å². The van der Waals surface area contributed by atoms with E-state index < -0.39 is 0 Å². The van der Waals surface area contributed by atoms with E-state index in [1.165, 1.54) is 65.3 Å². The molecule has 11 aromatic carbocycles. The molecule has 60 heavy (non-hydrogen) atoms. The van der Waals surface area contributed by atoms with E-state index >= 15 is 0 Å². The summed E-state index contributed by atoms with van der Waals surface area (Å²) in [6.07, 6.45) is 0. The summed E-state index contributed by atoms with van der Waals surface area (Å²) in [6, 6.07) is 81.3. The minimum Gasteiger partial charge on any atom is -0.454 e. The van der Waals surface area contributed by atoms with Crippen LogP contribution in [0.3, 0.4) is 0 Å². The molecule has 0 aliphatic carbocycles. The molecule has 2 nitrogen and oxygen atoms in total. The summed E-state index contributed by atoms with van der Waals surface area (Å²) < 4.78 is 6.71. The molecule has 0 aliphatic rings. The molecule has 0 aliphatic heterocycles. The number of benzene rings is 11. The molecule has 0 spiro atoms. The van der Waals surface area contributed by atoms with Crippen molar-refractivity contribution < 1.29 is 4.42 Å². The number of furan rings is 1. The zero-order valence-electron chi connectivity index (χ0n) is 32.7. The lowest BCUT2D eigenvalue weighted by Crippen LogP contribution is -2.10. The van der Waals surface area contributed by atoms with Crippen molar-refractivity contribution in [2.24, 2.45) is 0 Å². The average Bonchev–Trinajstić information content (AvgIpc) is 3.71. The van der Waals surface area contributed by atoms with E-state index in [1.54, 1.807) is 0 Å². The maximum Gasteiger partial charge on any atom is 0.159 e. The molecule has 280 valence electrons. The van der Waals surface area contributed by atoms with Gasteiger partial charge in [-0.2, -0.15) is 0 Å². The fraction of sp³-hybridized carbons (Fsp3) is 0. The summed E-state index contributed by atoms with van der Waals surface area (Å²) in [6.45, 7) is 0. The molecule has 12 rings (SSSR count). The van der Waals surface area contributed by atoms with Gasteiger partial charge < -0.3 is 9.32 Å². The molecule has 0 N–H and O–H groups in total. The third-order valence-electron chi connectivity index (χ3n) is 12.2. The van der Waals surface area contributed by atoms with E-state index in [9.17, 15) is 0 Å². The highest BCUT2D eigenvalue weighted by atomic mass is 16.3. The minimum absolute atomic E-state index is 0.862. The number of para-hydroxylation sites is 2. The second-order valence-electron chi connectivity index (χ2n) is 15.6. The Kier molecular flexibility index (Phi) is 7.89. The van der Waals surface area contributed by atoms with Crippen LogP contribution in [-0.2, 0) is 0 Å². The maximum absolute atomic E-state index is 6.71. The van der Waals surface area contributed by atoms with Gasteiger partial charge in [-0.05, 0) is 119 Å². The highest BCUT2D eigenvalue weighted by Crippen LogP contribution is 2.47. The van der Waals surface area contributed by atoms with Gasteiger partial charge in [-0.1, -0.05) is 182 Å². The Morgan fingerprint density at radius 1 is 0.283 bits per heavy atom. The molecule has 0 radical (unpaired) electrons. The van der Waals surface area contributed by atoms with E-state index in [0.717, 1.165) is 50.1 Å². The lowest BCUT2D eigenvalue weighted by molar-refractivity contribution is 0.669. The van der Waals surface area contributed by atoms with Gasteiger partial charge in [0.15, 0.2) is 5.58 Å². The van der Waals surface area contributed by atoms with Gasteiger partial charge in [0.2, 0.25) is 0 Å². The van der Waals surface area contributed by atoms with Gasteiger partial charge >= 0.3 is 0 Å². The Morgan fingerprint density at radius 2 is 0.833 bits per heavy atom. The SMILES string of the molecule is c1ccc(-c2c(-c3ccccc3)c3cc(-c4cccc(N(c5ccc6c(ccc7ccccc76)c5)c5cccc6c5oc5ccccc56)c4)ccc3c3ccccc23)cc1. The van der Waals surface area contributed by atoms with Crippen LogP contribution < -0.4 is 4.90 Å². The Bertz CT molecular complexity index is 3600. The van der Waals surface area contributed by atoms with E-state index in [4.69, 9.17) is 4.42 Å². The molecular formula is C58H37NO. The highest BCUT2D eigenvalue weighted by molar-refractivity contribution is 6.22. The van der Waals surface area contributed by atoms with Gasteiger partial charge in [0.25, 0.3) is 0 Å². The Labute approximate surface area is 347 Å². The van der Waals surface area contributed by atoms with Gasteiger partial charge in [0.1, 0.15) is 5.58 Å². The predicted octanol–water partition coefficient (Wildman–Crippen LogP) is 16.7. The predicted molar refractivity (Wildman–Crippen MR) is 255 cm³/mol. The molecule has 0 fully saturated rings. The molecule has 0 saturated heterocycles. The molecular weight excluding hydrogens is 727 g/mol. The minimum atomic E-state index is 0.862. The van der Waals surface area contributed by atoms with Crippen molar-refractivity contribution in [2.75, 3.05) is 4.90 Å². The van der Waals surface area contributed by atoms with Crippen molar-refractivity contribution in [3.8, 4) is 33.4 Å². The Balaban J connectivity index is 1.09. The molecule has 0 amide bonds. The summed E-state index contributed by atoms with van der Waals surface area (Å²) >= 11 is 0. The molecule has 0 bridgehead atoms. The van der Waals surface area contributed by atoms with Crippen LogP contribution >= 0.6 is 0 Å². The summed E-state index contributed by atoms with van der Waals surface area (Å²) in [4.78, 5) is 2.36. The third-order valence-corrected chi connectivity index (χ3v) is 12.2. The van der Waals surface area contributed by atoms with E-state index in [-0.39, 0.29) is 0 Å². The van der Waals surface area contributed by atoms with Gasteiger partial charge in [-0.25, -0.2) is 0 Å². The zero-order valence-corrected chi connectivity index (χ0v) is 32.7. The van der Waals surface area contributed by atoms with Crippen LogP contribution in [0.2, 0.25) is 0 Å². The van der Waals surface area contributed by atoms with Crippen LogP contribution in [-0.4, -0.2) is 0 Å². The topological polar surface area (TPSA) is 16.4 Å². The first-order valence-electron chi connectivity index (χ1n) is 20.6. The fourth-order valence-electron chi connectivity index (χ4n) is 9.48. The number of anilines is 3. The van der Waals surface area contributed by atoms with Gasteiger partial charge in [0.05, 0.1) is 5.69 Å². The first kappa shape index (κ1) is 34.1. The second kappa shape index (κ2) is 13.9. The molecule has 2 heteroatoms. The van der Waals surface area contributed by atoms with Crippen molar-refractivity contribution in [1.29, 1.82) is 0 Å². The number of nitrogens with zero attached hydrogens (tertiary/aromatic N) is 1. The number of rotatable bonds is 6. The van der Waals surface area contributed by atoms with E-state index in [2.05, 4.69) is 223 Å². The largest absolute Gasteiger partial charge is 0.454 e. The lowest BCUT2D eigenvalue weighted by Gasteiger charge is -2.26. The summed E-state index contributed by atoms with van der Waals surface area (Å²) in [5, 5.41) is 12.1. The lowest BCUT2D eigenvalue weighted by atomic mass is 9.84. The third kappa shape index (κ3) is 5.50. The highest BCUT2D eigenvalue weighted by Gasteiger charge is 2.22. The van der Waals surface area contributed by atoms with Crippen molar-refractivity contribution in [2.45, 2.75) is 0 Å². The molecule has 1 aromatic heterocycles. The van der Waals surface area contributed by atoms with Gasteiger partial charge in [-0.15, -0.1) is 0 Å². The van der Waals surface area contributed by atoms with Crippen LogP contribution in [0.25, 0.3) is 98.4 Å². The quantitative estimate of drug-likeness (QED) is 0.157. The number of hydrogen-bond donors (Lipinski definition) is 0. The Morgan fingerprint density at radius 3 is 1.65 bits per heavy atom. The smallest absolute Gasteiger partial charge is 0.159 e. The molecule has 0 unspecified atom stereocenters. The van der Waals surface area contributed by atoms with Gasteiger partial charge in [-0.3, -0.25) is 0 Å². The summed E-state index contributed by atoms with van der Waals surface area (Å²) in [7, 11) is 0. The molecule has 0 atom stereocenters. The van der Waals surface area contributed by atoms with Crippen molar-refractivity contribution in [1.82, 2.24) is 0 Å². The standard InChI is InChI=1S/C58H37NO/c1-3-16-39(17-4-1)56-51-25-10-9-23-48(51)49-33-31-42(37-53(49)57(56)40-18-5-2-6-19-40)41-20-13-21-44(35-41)59(54-27-14-26-52-50-24-11-12-28-55(50)60-58(52)54)45-32-34-47-43(36-45)30-29-38-15-7-8-22-46(38)47/h1-37H. The normalized spacial score (nSPS) is 11.7. The first-order chi connectivity index (χ1) is 29.8. The van der Waals surface area contributed by atoms with Crippen molar-refractivity contribution >= 4 is 82.1 Å². The second-order valence-corrected chi connectivity index (χ2v) is 15.6. The van der Waals surface area contributed by atoms with Crippen LogP contribution in [0.15, 0.2) is 229 Å². The van der Waals surface area contributed by atoms with Crippen molar-refractivity contribution in [3.63, 3.8) is 0 Å². The van der Waals surface area contributed by atoms with Crippen LogP contribution in [0, 0.1) is 0 Å². The number of hydrogen-bond acceptors (Lipinski definition) is 2. The molecule has 0 saturated carbocycles. The molecule has 1 heterocycles. The van der Waals surface area contributed by atoms with Crippen LogP contribution in [0.1, 0.15) is 0 Å². The van der Waals surface area contributed by atoms with E-state index in [0.29, 0.717) is 0 Å². The van der Waals surface area contributed by atoms with Crippen molar-refractivity contribution in [3.05, 3.63) is 224 Å². The van der Waals surface area contributed by atoms with Gasteiger partial charge in [0, 0.05) is 22.1 Å². The average molecular weight is 764 g/mol. The maximum atomic E-state index is 6.71. The van der Waals surface area contributed by atoms with E-state index in [1.807, 2.05) is 6.07 Å².